The number of hydrogen-bond donors (Lipinski definition) is 1. The molecule has 14 heavy (non-hydrogen) atoms. The van der Waals surface area contributed by atoms with E-state index >= 15 is 0 Å². The molecular weight excluding hydrogens is 176 g/mol. The molecule has 0 aromatic rings. The fourth-order valence-corrected chi connectivity index (χ4v) is 1.75. The van der Waals surface area contributed by atoms with E-state index in [0.717, 1.165) is 5.57 Å². The van der Waals surface area contributed by atoms with E-state index in [1.807, 2.05) is 39.0 Å². The Kier molecular flexibility index (Phi) is 2.84. The molecular formula is C12H18O2. The van der Waals surface area contributed by atoms with Gasteiger partial charge >= 0.3 is 5.97 Å². The van der Waals surface area contributed by atoms with Gasteiger partial charge in [0.25, 0.3) is 0 Å². The Morgan fingerprint density at radius 1 is 1.57 bits per heavy atom. The molecule has 1 aliphatic rings. The highest BCUT2D eigenvalue weighted by Crippen LogP contribution is 2.37. The van der Waals surface area contributed by atoms with Crippen LogP contribution >= 0.6 is 0 Å². The summed E-state index contributed by atoms with van der Waals surface area (Å²) in [4.78, 5) is 11.3. The third-order valence-electron chi connectivity index (χ3n) is 3.17. The summed E-state index contributed by atoms with van der Waals surface area (Å²) >= 11 is 0. The summed E-state index contributed by atoms with van der Waals surface area (Å²) < 4.78 is 0. The summed E-state index contributed by atoms with van der Waals surface area (Å²) in [7, 11) is 0. The lowest BCUT2D eigenvalue weighted by Crippen LogP contribution is -2.34. The topological polar surface area (TPSA) is 37.3 Å². The van der Waals surface area contributed by atoms with Crippen LogP contribution in [0.3, 0.4) is 0 Å². The van der Waals surface area contributed by atoms with Crippen molar-refractivity contribution in [1.29, 1.82) is 0 Å². The maximum Gasteiger partial charge on any atom is 0.317 e. The van der Waals surface area contributed by atoms with Gasteiger partial charge in [-0.2, -0.15) is 0 Å². The van der Waals surface area contributed by atoms with Gasteiger partial charge in [-0.3, -0.25) is 4.79 Å². The summed E-state index contributed by atoms with van der Waals surface area (Å²) in [5.74, 6) is -0.310. The molecule has 0 amide bonds. The predicted octanol–water partition coefficient (Wildman–Crippen LogP) is 2.87. The molecule has 78 valence electrons. The summed E-state index contributed by atoms with van der Waals surface area (Å²) in [6, 6.07) is 0. The largest absolute Gasteiger partial charge is 0.480 e. The van der Waals surface area contributed by atoms with E-state index in [4.69, 9.17) is 0 Å². The summed E-state index contributed by atoms with van der Waals surface area (Å²) in [5.41, 5.74) is 0.347. The Morgan fingerprint density at radius 2 is 2.14 bits per heavy atom. The summed E-state index contributed by atoms with van der Waals surface area (Å²) in [5, 5.41) is 9.27. The molecule has 2 atom stereocenters. The van der Waals surface area contributed by atoms with Gasteiger partial charge in [0, 0.05) is 0 Å². The van der Waals surface area contributed by atoms with Crippen LogP contribution in [0, 0.1) is 17.3 Å². The van der Waals surface area contributed by atoms with Gasteiger partial charge in [-0.25, -0.2) is 0 Å². The van der Waals surface area contributed by atoms with Crippen LogP contribution in [0.1, 0.15) is 27.7 Å². The van der Waals surface area contributed by atoms with Crippen molar-refractivity contribution in [2.75, 3.05) is 0 Å². The van der Waals surface area contributed by atoms with Crippen molar-refractivity contribution >= 4 is 5.97 Å². The van der Waals surface area contributed by atoms with E-state index in [9.17, 15) is 9.90 Å². The lowest BCUT2D eigenvalue weighted by molar-refractivity contribution is -0.145. The van der Waals surface area contributed by atoms with Crippen LogP contribution < -0.4 is 0 Å². The molecule has 1 N–H and O–H groups in total. The van der Waals surface area contributed by atoms with E-state index in [-0.39, 0.29) is 5.92 Å². The Morgan fingerprint density at radius 3 is 2.50 bits per heavy atom. The smallest absolute Gasteiger partial charge is 0.317 e. The molecule has 0 radical (unpaired) electrons. The van der Waals surface area contributed by atoms with Crippen molar-refractivity contribution in [1.82, 2.24) is 0 Å². The first-order valence-corrected chi connectivity index (χ1v) is 5.02. The predicted molar refractivity (Wildman–Crippen MR) is 57.0 cm³/mol. The highest BCUT2D eigenvalue weighted by atomic mass is 16.4. The second-order valence-electron chi connectivity index (χ2n) is 4.43. The van der Waals surface area contributed by atoms with Crippen LogP contribution in [-0.2, 0) is 4.79 Å². The fourth-order valence-electron chi connectivity index (χ4n) is 1.75. The second kappa shape index (κ2) is 3.60. The molecule has 0 saturated carbocycles. The normalized spacial score (nSPS) is 31.8. The Labute approximate surface area is 85.3 Å². The van der Waals surface area contributed by atoms with Crippen molar-refractivity contribution < 1.29 is 9.90 Å². The molecule has 0 aliphatic heterocycles. The molecule has 0 spiro atoms. The number of hydrogen-bond acceptors (Lipinski definition) is 1. The average molecular weight is 194 g/mol. The first kappa shape index (κ1) is 11.0. The van der Waals surface area contributed by atoms with Crippen LogP contribution in [0.25, 0.3) is 0 Å². The third kappa shape index (κ3) is 1.61. The molecule has 0 saturated heterocycles. The molecule has 0 bridgehead atoms. The van der Waals surface area contributed by atoms with Gasteiger partial charge in [0.05, 0.1) is 0 Å². The van der Waals surface area contributed by atoms with Crippen LogP contribution in [0.2, 0.25) is 0 Å². The van der Waals surface area contributed by atoms with Gasteiger partial charge in [0.15, 0.2) is 0 Å². The van der Waals surface area contributed by atoms with E-state index in [2.05, 4.69) is 6.92 Å². The van der Waals surface area contributed by atoms with Crippen molar-refractivity contribution in [3.8, 4) is 0 Å². The van der Waals surface area contributed by atoms with E-state index < -0.39 is 11.4 Å². The molecule has 1 aliphatic carbocycles. The third-order valence-corrected chi connectivity index (χ3v) is 3.17. The minimum atomic E-state index is -0.795. The van der Waals surface area contributed by atoms with Crippen molar-refractivity contribution in [2.24, 2.45) is 17.3 Å². The Bertz CT molecular complexity index is 299. The number of carboxylic acids is 1. The van der Waals surface area contributed by atoms with Gasteiger partial charge < -0.3 is 5.11 Å². The second-order valence-corrected chi connectivity index (χ2v) is 4.43. The number of carboxylic acid groups (broad SMARTS) is 1. The summed E-state index contributed by atoms with van der Waals surface area (Å²) in [6.45, 7) is 7.96. The van der Waals surface area contributed by atoms with E-state index in [0.29, 0.717) is 5.92 Å². The van der Waals surface area contributed by atoms with Gasteiger partial charge in [-0.05, 0) is 18.8 Å². The van der Waals surface area contributed by atoms with Gasteiger partial charge in [0.1, 0.15) is 5.41 Å². The lowest BCUT2D eigenvalue weighted by atomic mass is 9.71. The SMILES string of the molecule is CC1=C[C@](C(=O)O)(C(C)C)C=C[C@@H]1C. The molecule has 0 unspecified atom stereocenters. The molecule has 0 aromatic carbocycles. The van der Waals surface area contributed by atoms with Crippen molar-refractivity contribution in [2.45, 2.75) is 27.7 Å². The molecule has 0 fully saturated rings. The van der Waals surface area contributed by atoms with Gasteiger partial charge in [-0.15, -0.1) is 0 Å². The lowest BCUT2D eigenvalue weighted by Gasteiger charge is -2.31. The molecule has 2 nitrogen and oxygen atoms in total. The van der Waals surface area contributed by atoms with E-state index in [1.54, 1.807) is 0 Å². The molecule has 1 rings (SSSR count). The number of rotatable bonds is 2. The number of allylic oxidation sites excluding steroid dienone is 2. The highest BCUT2D eigenvalue weighted by Gasteiger charge is 2.39. The van der Waals surface area contributed by atoms with Gasteiger partial charge in [-0.1, -0.05) is 44.6 Å². The molecule has 0 aromatic heterocycles. The first-order chi connectivity index (χ1) is 6.40. The zero-order valence-electron chi connectivity index (χ0n) is 9.24. The Hall–Kier alpha value is -1.05. The maximum absolute atomic E-state index is 11.3. The minimum Gasteiger partial charge on any atom is -0.480 e. The molecule has 2 heteroatoms. The summed E-state index contributed by atoms with van der Waals surface area (Å²) in [6.07, 6.45) is 5.71. The maximum atomic E-state index is 11.3. The van der Waals surface area contributed by atoms with E-state index in [1.165, 1.54) is 0 Å². The monoisotopic (exact) mass is 194 g/mol. The standard InChI is InChI=1S/C12H18O2/c1-8(2)12(11(13)14)6-5-9(3)10(4)7-12/h5-9H,1-4H3,(H,13,14)/t9-,12-/m0/s1. The zero-order chi connectivity index (χ0) is 10.9. The Balaban J connectivity index is 3.15. The average Bonchev–Trinajstić information content (AvgIpc) is 2.09. The van der Waals surface area contributed by atoms with Crippen LogP contribution in [-0.4, -0.2) is 11.1 Å². The first-order valence-electron chi connectivity index (χ1n) is 5.02. The molecule has 0 heterocycles. The number of carbonyl (C=O) groups is 1. The minimum absolute atomic E-state index is 0.0821. The number of aliphatic carboxylic acids is 1. The fraction of sp³-hybridized carbons (Fsp3) is 0.583. The quantitative estimate of drug-likeness (QED) is 0.686. The van der Waals surface area contributed by atoms with Crippen LogP contribution in [0.15, 0.2) is 23.8 Å². The van der Waals surface area contributed by atoms with Crippen LogP contribution in [0.4, 0.5) is 0 Å². The van der Waals surface area contributed by atoms with Crippen molar-refractivity contribution in [3.63, 3.8) is 0 Å². The van der Waals surface area contributed by atoms with Gasteiger partial charge in [0.2, 0.25) is 0 Å². The zero-order valence-corrected chi connectivity index (χ0v) is 9.24. The van der Waals surface area contributed by atoms with Crippen LogP contribution in [0.5, 0.6) is 0 Å². The highest BCUT2D eigenvalue weighted by molar-refractivity contribution is 5.80. The van der Waals surface area contributed by atoms with Crippen molar-refractivity contribution in [3.05, 3.63) is 23.8 Å².